The Hall–Kier alpha value is -2.80. The predicted molar refractivity (Wildman–Crippen MR) is 92.5 cm³/mol. The van der Waals surface area contributed by atoms with E-state index < -0.39 is 5.91 Å². The molecule has 0 bridgehead atoms. The van der Waals surface area contributed by atoms with Gasteiger partial charge < -0.3 is 15.2 Å². The molecule has 0 aliphatic carbocycles. The van der Waals surface area contributed by atoms with E-state index in [-0.39, 0.29) is 16.4 Å². The molecule has 0 unspecified atom stereocenters. The first kappa shape index (κ1) is 16.6. The number of hydrogen-bond acceptors (Lipinski definition) is 4. The maximum absolute atomic E-state index is 11.9. The molecule has 0 aliphatic rings. The van der Waals surface area contributed by atoms with Gasteiger partial charge in [-0.3, -0.25) is 15.6 Å². The number of thiocarbonyl (C=S) groups is 1. The number of aromatic hydroxyl groups is 1. The van der Waals surface area contributed by atoms with Crippen LogP contribution in [0.25, 0.3) is 0 Å². The largest absolute Gasteiger partial charge is 0.507 e. The van der Waals surface area contributed by atoms with Gasteiger partial charge in [0.1, 0.15) is 11.5 Å². The lowest BCUT2D eigenvalue weighted by Crippen LogP contribution is -2.43. The maximum atomic E-state index is 11.9. The molecule has 0 aliphatic heterocycles. The number of ether oxygens (including phenoxy) is 1. The molecule has 2 aromatic rings. The van der Waals surface area contributed by atoms with Crippen LogP contribution >= 0.6 is 12.2 Å². The molecule has 0 spiro atoms. The van der Waals surface area contributed by atoms with E-state index in [4.69, 9.17) is 17.0 Å². The van der Waals surface area contributed by atoms with E-state index in [0.717, 1.165) is 11.4 Å². The molecule has 0 atom stereocenters. The number of benzene rings is 2. The highest BCUT2D eigenvalue weighted by molar-refractivity contribution is 7.80. The van der Waals surface area contributed by atoms with Crippen LogP contribution in [-0.4, -0.2) is 22.7 Å². The fourth-order valence-corrected chi connectivity index (χ4v) is 1.98. The molecule has 0 saturated carbocycles. The van der Waals surface area contributed by atoms with Crippen LogP contribution in [0.4, 0.5) is 5.69 Å². The SMILES string of the molecule is CCOc1ccc(NC(=S)NNC(=O)c2ccccc2O)cc1. The summed E-state index contributed by atoms with van der Waals surface area (Å²) in [4.78, 5) is 11.9. The number of phenolic OH excluding ortho intramolecular Hbond substituents is 1. The standard InChI is InChI=1S/C16H17N3O3S/c1-2-22-12-9-7-11(8-10-12)17-16(23)19-18-15(21)13-5-3-4-6-14(13)20/h3-10,20H,2H2,1H3,(H,18,21)(H2,17,19,23). The van der Waals surface area contributed by atoms with Crippen molar-refractivity contribution in [3.8, 4) is 11.5 Å². The van der Waals surface area contributed by atoms with E-state index in [2.05, 4.69) is 16.2 Å². The molecule has 7 heteroatoms. The zero-order valence-corrected chi connectivity index (χ0v) is 13.3. The fraction of sp³-hybridized carbons (Fsp3) is 0.125. The zero-order chi connectivity index (χ0) is 16.7. The summed E-state index contributed by atoms with van der Waals surface area (Å²) in [5.41, 5.74) is 5.90. The van der Waals surface area contributed by atoms with E-state index in [9.17, 15) is 9.90 Å². The summed E-state index contributed by atoms with van der Waals surface area (Å²) < 4.78 is 5.35. The third-order valence-electron chi connectivity index (χ3n) is 2.86. The van der Waals surface area contributed by atoms with Crippen LogP contribution in [0.15, 0.2) is 48.5 Å². The molecular formula is C16H17N3O3S. The molecule has 1 amide bonds. The quantitative estimate of drug-likeness (QED) is 0.509. The van der Waals surface area contributed by atoms with Gasteiger partial charge in [0.25, 0.3) is 5.91 Å². The van der Waals surface area contributed by atoms with Crippen molar-refractivity contribution < 1.29 is 14.6 Å². The molecule has 23 heavy (non-hydrogen) atoms. The highest BCUT2D eigenvalue weighted by Gasteiger charge is 2.10. The van der Waals surface area contributed by atoms with Crippen molar-refractivity contribution >= 4 is 28.9 Å². The Labute approximate surface area is 139 Å². The van der Waals surface area contributed by atoms with Gasteiger partial charge in [-0.2, -0.15) is 0 Å². The van der Waals surface area contributed by atoms with Crippen LogP contribution in [0, 0.1) is 0 Å². The van der Waals surface area contributed by atoms with Gasteiger partial charge in [-0.05, 0) is 55.5 Å². The minimum atomic E-state index is -0.487. The number of anilines is 1. The van der Waals surface area contributed by atoms with Crippen LogP contribution in [0.2, 0.25) is 0 Å². The van der Waals surface area contributed by atoms with Crippen LogP contribution in [-0.2, 0) is 0 Å². The van der Waals surface area contributed by atoms with Crippen LogP contribution in [0.5, 0.6) is 11.5 Å². The van der Waals surface area contributed by atoms with Crippen LogP contribution in [0.1, 0.15) is 17.3 Å². The second-order valence-electron chi connectivity index (χ2n) is 4.51. The smallest absolute Gasteiger partial charge is 0.273 e. The third-order valence-corrected chi connectivity index (χ3v) is 3.07. The molecular weight excluding hydrogens is 314 g/mol. The summed E-state index contributed by atoms with van der Waals surface area (Å²) in [6.45, 7) is 2.52. The van der Waals surface area contributed by atoms with Crippen molar-refractivity contribution in [3.63, 3.8) is 0 Å². The van der Waals surface area contributed by atoms with Crippen molar-refractivity contribution in [1.29, 1.82) is 0 Å². The van der Waals surface area contributed by atoms with E-state index in [1.165, 1.54) is 12.1 Å². The number of nitrogens with one attached hydrogen (secondary N) is 3. The molecule has 2 aromatic carbocycles. The van der Waals surface area contributed by atoms with E-state index in [1.807, 2.05) is 31.2 Å². The third kappa shape index (κ3) is 4.86. The molecule has 0 radical (unpaired) electrons. The molecule has 2 rings (SSSR count). The Balaban J connectivity index is 1.85. The number of phenols is 1. The first-order chi connectivity index (χ1) is 11.1. The van der Waals surface area contributed by atoms with Crippen molar-refractivity contribution in [3.05, 3.63) is 54.1 Å². The number of carbonyl (C=O) groups excluding carboxylic acids is 1. The number of rotatable bonds is 4. The summed E-state index contributed by atoms with van der Waals surface area (Å²) in [6.07, 6.45) is 0. The van der Waals surface area contributed by atoms with E-state index in [0.29, 0.717) is 6.61 Å². The maximum Gasteiger partial charge on any atom is 0.273 e. The Kier molecular flexibility index (Phi) is 5.76. The summed E-state index contributed by atoms with van der Waals surface area (Å²) in [7, 11) is 0. The van der Waals surface area contributed by atoms with E-state index in [1.54, 1.807) is 12.1 Å². The predicted octanol–water partition coefficient (Wildman–Crippen LogP) is 2.42. The Morgan fingerprint density at radius 1 is 1.13 bits per heavy atom. The monoisotopic (exact) mass is 331 g/mol. The Bertz CT molecular complexity index is 689. The van der Waals surface area contributed by atoms with Gasteiger partial charge >= 0.3 is 0 Å². The second-order valence-corrected chi connectivity index (χ2v) is 4.92. The Morgan fingerprint density at radius 3 is 2.48 bits per heavy atom. The number of hydrogen-bond donors (Lipinski definition) is 4. The number of hydrazine groups is 1. The minimum absolute atomic E-state index is 0.0998. The van der Waals surface area contributed by atoms with Gasteiger partial charge in [0, 0.05) is 5.69 Å². The highest BCUT2D eigenvalue weighted by Crippen LogP contribution is 2.16. The van der Waals surface area contributed by atoms with Crippen molar-refractivity contribution in [1.82, 2.24) is 10.9 Å². The molecule has 6 nitrogen and oxygen atoms in total. The molecule has 0 fully saturated rings. The van der Waals surface area contributed by atoms with Gasteiger partial charge in [-0.15, -0.1) is 0 Å². The summed E-state index contributed by atoms with van der Waals surface area (Å²) in [5, 5.41) is 12.7. The van der Waals surface area contributed by atoms with Gasteiger partial charge in [-0.1, -0.05) is 12.1 Å². The number of amides is 1. The average molecular weight is 331 g/mol. The molecule has 120 valence electrons. The summed E-state index contributed by atoms with van der Waals surface area (Å²) in [6, 6.07) is 13.5. The lowest BCUT2D eigenvalue weighted by atomic mass is 10.2. The zero-order valence-electron chi connectivity index (χ0n) is 12.5. The normalized spacial score (nSPS) is 9.78. The Morgan fingerprint density at radius 2 is 1.83 bits per heavy atom. The molecule has 0 heterocycles. The lowest BCUT2D eigenvalue weighted by molar-refractivity contribution is 0.0941. The van der Waals surface area contributed by atoms with Crippen molar-refractivity contribution in [2.24, 2.45) is 0 Å². The van der Waals surface area contributed by atoms with Crippen LogP contribution in [0.3, 0.4) is 0 Å². The molecule has 0 saturated heterocycles. The minimum Gasteiger partial charge on any atom is -0.507 e. The summed E-state index contributed by atoms with van der Waals surface area (Å²) in [5.74, 6) is 0.181. The van der Waals surface area contributed by atoms with Gasteiger partial charge in [0.05, 0.1) is 12.2 Å². The lowest BCUT2D eigenvalue weighted by Gasteiger charge is -2.12. The topological polar surface area (TPSA) is 82.6 Å². The van der Waals surface area contributed by atoms with Crippen LogP contribution < -0.4 is 20.9 Å². The average Bonchev–Trinajstić information content (AvgIpc) is 2.55. The summed E-state index contributed by atoms with van der Waals surface area (Å²) >= 11 is 5.09. The number of para-hydroxylation sites is 1. The molecule has 4 N–H and O–H groups in total. The second kappa shape index (κ2) is 8.00. The van der Waals surface area contributed by atoms with Gasteiger partial charge in [-0.25, -0.2) is 0 Å². The van der Waals surface area contributed by atoms with Crippen molar-refractivity contribution in [2.75, 3.05) is 11.9 Å². The highest BCUT2D eigenvalue weighted by atomic mass is 32.1. The van der Waals surface area contributed by atoms with Gasteiger partial charge in [0.2, 0.25) is 0 Å². The van der Waals surface area contributed by atoms with Gasteiger partial charge in [0.15, 0.2) is 5.11 Å². The first-order valence-corrected chi connectivity index (χ1v) is 7.39. The van der Waals surface area contributed by atoms with Crippen molar-refractivity contribution in [2.45, 2.75) is 6.92 Å². The first-order valence-electron chi connectivity index (χ1n) is 6.98. The fourth-order valence-electron chi connectivity index (χ4n) is 1.81. The molecule has 0 aromatic heterocycles. The number of carbonyl (C=O) groups is 1. The van der Waals surface area contributed by atoms with E-state index >= 15 is 0 Å².